The Hall–Kier alpha value is -1.85. The van der Waals surface area contributed by atoms with Crippen LogP contribution in [0.1, 0.15) is 42.6 Å². The van der Waals surface area contributed by atoms with Crippen LogP contribution in [0.15, 0.2) is 12.4 Å². The third-order valence-electron chi connectivity index (χ3n) is 3.06. The highest BCUT2D eigenvalue weighted by atomic mass is 16.4. The third-order valence-corrected chi connectivity index (χ3v) is 3.06. The molecule has 92 valence electrons. The summed E-state index contributed by atoms with van der Waals surface area (Å²) in [6.45, 7) is 1.52. The molecule has 1 heterocycles. The van der Waals surface area contributed by atoms with E-state index in [0.29, 0.717) is 5.56 Å². The standard InChI is InChI=1S/C11H15N3O3/c1-7(11(16)17)14-6-8(5-12-14)10(15)13-9-3-2-4-9/h5-7,9H,2-4H2,1H3,(H,13,15)(H,16,17). The van der Waals surface area contributed by atoms with Crippen LogP contribution >= 0.6 is 0 Å². The first-order chi connectivity index (χ1) is 8.08. The van der Waals surface area contributed by atoms with Crippen LogP contribution in [0.2, 0.25) is 0 Å². The Labute approximate surface area is 98.6 Å². The molecule has 0 radical (unpaired) electrons. The Morgan fingerprint density at radius 2 is 2.29 bits per heavy atom. The van der Waals surface area contributed by atoms with Crippen molar-refractivity contribution in [2.24, 2.45) is 0 Å². The fourth-order valence-corrected chi connectivity index (χ4v) is 1.60. The van der Waals surface area contributed by atoms with Crippen LogP contribution < -0.4 is 5.32 Å². The molecular formula is C11H15N3O3. The number of nitrogens with one attached hydrogen (secondary N) is 1. The quantitative estimate of drug-likeness (QED) is 0.811. The van der Waals surface area contributed by atoms with Crippen molar-refractivity contribution < 1.29 is 14.7 Å². The van der Waals surface area contributed by atoms with E-state index in [1.807, 2.05) is 0 Å². The number of nitrogens with zero attached hydrogens (tertiary/aromatic N) is 2. The largest absolute Gasteiger partial charge is 0.480 e. The number of carbonyl (C=O) groups excluding carboxylic acids is 1. The molecule has 0 spiro atoms. The Kier molecular flexibility index (Phi) is 3.12. The predicted octanol–water partition coefficient (Wildman–Crippen LogP) is 0.811. The fraction of sp³-hybridized carbons (Fsp3) is 0.545. The van der Waals surface area contributed by atoms with Crippen molar-refractivity contribution in [3.05, 3.63) is 18.0 Å². The van der Waals surface area contributed by atoms with Gasteiger partial charge in [-0.2, -0.15) is 5.10 Å². The van der Waals surface area contributed by atoms with Gasteiger partial charge in [0.1, 0.15) is 6.04 Å². The maximum atomic E-state index is 11.7. The number of hydrogen-bond donors (Lipinski definition) is 2. The van der Waals surface area contributed by atoms with Crippen LogP contribution in [0.5, 0.6) is 0 Å². The number of amides is 1. The van der Waals surface area contributed by atoms with E-state index in [4.69, 9.17) is 5.11 Å². The van der Waals surface area contributed by atoms with Gasteiger partial charge in [-0.1, -0.05) is 0 Å². The Balaban J connectivity index is 2.01. The maximum Gasteiger partial charge on any atom is 0.328 e. The van der Waals surface area contributed by atoms with E-state index in [1.54, 1.807) is 0 Å². The zero-order valence-corrected chi connectivity index (χ0v) is 9.59. The van der Waals surface area contributed by atoms with E-state index in [-0.39, 0.29) is 11.9 Å². The van der Waals surface area contributed by atoms with Crippen LogP contribution in [0.25, 0.3) is 0 Å². The molecule has 1 aromatic heterocycles. The number of aromatic nitrogens is 2. The molecule has 1 aromatic rings. The van der Waals surface area contributed by atoms with E-state index in [2.05, 4.69) is 10.4 Å². The second-order valence-electron chi connectivity index (χ2n) is 4.32. The summed E-state index contributed by atoms with van der Waals surface area (Å²) < 4.78 is 1.28. The molecule has 1 fully saturated rings. The monoisotopic (exact) mass is 237 g/mol. The van der Waals surface area contributed by atoms with Gasteiger partial charge in [0.15, 0.2) is 0 Å². The lowest BCUT2D eigenvalue weighted by Gasteiger charge is -2.25. The first-order valence-corrected chi connectivity index (χ1v) is 5.65. The Morgan fingerprint density at radius 3 is 2.82 bits per heavy atom. The molecule has 1 atom stereocenters. The van der Waals surface area contributed by atoms with E-state index in [1.165, 1.54) is 24.0 Å². The van der Waals surface area contributed by atoms with E-state index in [9.17, 15) is 9.59 Å². The predicted molar refractivity (Wildman–Crippen MR) is 59.7 cm³/mol. The molecule has 2 N–H and O–H groups in total. The molecule has 1 aliphatic carbocycles. The van der Waals surface area contributed by atoms with Gasteiger partial charge in [0, 0.05) is 12.2 Å². The second-order valence-corrected chi connectivity index (χ2v) is 4.32. The molecule has 1 aliphatic rings. The van der Waals surface area contributed by atoms with E-state index < -0.39 is 12.0 Å². The molecule has 0 bridgehead atoms. The molecule has 2 rings (SSSR count). The van der Waals surface area contributed by atoms with Crippen molar-refractivity contribution in [1.82, 2.24) is 15.1 Å². The SMILES string of the molecule is CC(C(=O)O)n1cc(C(=O)NC2CCC2)cn1. The van der Waals surface area contributed by atoms with Gasteiger partial charge < -0.3 is 10.4 Å². The van der Waals surface area contributed by atoms with Crippen molar-refractivity contribution in [3.8, 4) is 0 Å². The average molecular weight is 237 g/mol. The van der Waals surface area contributed by atoms with Crippen LogP contribution in [0.3, 0.4) is 0 Å². The maximum absolute atomic E-state index is 11.7. The van der Waals surface area contributed by atoms with Crippen LogP contribution in [-0.2, 0) is 4.79 Å². The number of carboxylic acid groups (broad SMARTS) is 1. The van der Waals surface area contributed by atoms with Gasteiger partial charge in [-0.15, -0.1) is 0 Å². The fourth-order valence-electron chi connectivity index (χ4n) is 1.60. The summed E-state index contributed by atoms with van der Waals surface area (Å²) >= 11 is 0. The molecule has 6 nitrogen and oxygen atoms in total. The first-order valence-electron chi connectivity index (χ1n) is 5.65. The van der Waals surface area contributed by atoms with Crippen LogP contribution in [-0.4, -0.2) is 32.8 Å². The topological polar surface area (TPSA) is 84.2 Å². The van der Waals surface area contributed by atoms with Gasteiger partial charge in [0.2, 0.25) is 0 Å². The molecule has 17 heavy (non-hydrogen) atoms. The molecule has 1 amide bonds. The van der Waals surface area contributed by atoms with Gasteiger partial charge >= 0.3 is 5.97 Å². The Morgan fingerprint density at radius 1 is 1.59 bits per heavy atom. The van der Waals surface area contributed by atoms with Gasteiger partial charge in [-0.05, 0) is 26.2 Å². The number of carbonyl (C=O) groups is 2. The molecule has 0 aromatic carbocycles. The molecule has 6 heteroatoms. The lowest BCUT2D eigenvalue weighted by atomic mass is 9.93. The molecule has 1 saturated carbocycles. The van der Waals surface area contributed by atoms with Crippen LogP contribution in [0.4, 0.5) is 0 Å². The van der Waals surface area contributed by atoms with Crippen molar-refractivity contribution in [2.45, 2.75) is 38.3 Å². The number of aliphatic carboxylic acids is 1. The number of rotatable bonds is 4. The highest BCUT2D eigenvalue weighted by molar-refractivity contribution is 5.94. The highest BCUT2D eigenvalue weighted by Crippen LogP contribution is 2.18. The molecule has 0 saturated heterocycles. The second kappa shape index (κ2) is 4.57. The van der Waals surface area contributed by atoms with Crippen LogP contribution in [0, 0.1) is 0 Å². The van der Waals surface area contributed by atoms with Crippen molar-refractivity contribution >= 4 is 11.9 Å². The molecule has 1 unspecified atom stereocenters. The number of hydrogen-bond acceptors (Lipinski definition) is 3. The summed E-state index contributed by atoms with van der Waals surface area (Å²) in [5.41, 5.74) is 0.407. The number of carboxylic acids is 1. The summed E-state index contributed by atoms with van der Waals surface area (Å²) in [5.74, 6) is -1.16. The van der Waals surface area contributed by atoms with Crippen molar-refractivity contribution in [3.63, 3.8) is 0 Å². The summed E-state index contributed by atoms with van der Waals surface area (Å²) in [7, 11) is 0. The van der Waals surface area contributed by atoms with Gasteiger partial charge in [0.05, 0.1) is 11.8 Å². The summed E-state index contributed by atoms with van der Waals surface area (Å²) in [5, 5.41) is 15.6. The van der Waals surface area contributed by atoms with Crippen molar-refractivity contribution in [2.75, 3.05) is 0 Å². The summed E-state index contributed by atoms with van der Waals surface area (Å²) in [6.07, 6.45) is 6.05. The van der Waals surface area contributed by atoms with E-state index in [0.717, 1.165) is 19.3 Å². The summed E-state index contributed by atoms with van der Waals surface area (Å²) in [6, 6.07) is -0.497. The first kappa shape index (κ1) is 11.6. The minimum Gasteiger partial charge on any atom is -0.480 e. The lowest BCUT2D eigenvalue weighted by Crippen LogP contribution is -2.39. The highest BCUT2D eigenvalue weighted by Gasteiger charge is 2.22. The molecule has 0 aliphatic heterocycles. The lowest BCUT2D eigenvalue weighted by molar-refractivity contribution is -0.140. The average Bonchev–Trinajstić information content (AvgIpc) is 2.71. The van der Waals surface area contributed by atoms with Crippen molar-refractivity contribution in [1.29, 1.82) is 0 Å². The smallest absolute Gasteiger partial charge is 0.328 e. The minimum atomic E-state index is -0.973. The third kappa shape index (κ3) is 2.46. The zero-order chi connectivity index (χ0) is 12.4. The Bertz CT molecular complexity index is 437. The van der Waals surface area contributed by atoms with Gasteiger partial charge in [-0.25, -0.2) is 4.79 Å². The normalized spacial score (nSPS) is 17.2. The molecular weight excluding hydrogens is 222 g/mol. The minimum absolute atomic E-state index is 0.182. The van der Waals surface area contributed by atoms with E-state index >= 15 is 0 Å². The summed E-state index contributed by atoms with van der Waals surface area (Å²) in [4.78, 5) is 22.5. The van der Waals surface area contributed by atoms with Gasteiger partial charge in [0.25, 0.3) is 5.91 Å². The van der Waals surface area contributed by atoms with Gasteiger partial charge in [-0.3, -0.25) is 9.48 Å². The zero-order valence-electron chi connectivity index (χ0n) is 9.59.